The molecule has 5 heterocycles. The topological polar surface area (TPSA) is 110 Å². The SMILES string of the molecule is Cc1ccc2ncc(-c3nc(-c4ccc(C(=O)N5CCN(C)CC5)nc4)no3)c(=O)n2c1. The van der Waals surface area contributed by atoms with Gasteiger partial charge in [-0.05, 0) is 37.7 Å². The van der Waals surface area contributed by atoms with Crippen molar-refractivity contribution in [2.75, 3.05) is 33.2 Å². The van der Waals surface area contributed by atoms with Crippen LogP contribution in [-0.4, -0.2) is 73.4 Å². The Morgan fingerprint density at radius 3 is 2.59 bits per heavy atom. The van der Waals surface area contributed by atoms with E-state index < -0.39 is 0 Å². The minimum atomic E-state index is -0.292. The first-order valence-electron chi connectivity index (χ1n) is 10.3. The summed E-state index contributed by atoms with van der Waals surface area (Å²) < 4.78 is 6.78. The smallest absolute Gasteiger partial charge is 0.272 e. The lowest BCUT2D eigenvalue weighted by molar-refractivity contribution is 0.0658. The summed E-state index contributed by atoms with van der Waals surface area (Å²) in [6.45, 7) is 4.95. The molecule has 1 amide bonds. The number of carbonyl (C=O) groups excluding carboxylic acids is 1. The number of hydrogen-bond donors (Lipinski definition) is 0. The average Bonchev–Trinajstić information content (AvgIpc) is 3.30. The molecule has 162 valence electrons. The number of amides is 1. The predicted molar refractivity (Wildman–Crippen MR) is 116 cm³/mol. The van der Waals surface area contributed by atoms with Gasteiger partial charge in [0.25, 0.3) is 17.4 Å². The molecule has 0 atom stereocenters. The molecule has 0 N–H and O–H groups in total. The van der Waals surface area contributed by atoms with Crippen LogP contribution in [-0.2, 0) is 0 Å². The summed E-state index contributed by atoms with van der Waals surface area (Å²) in [7, 11) is 2.04. The number of nitrogens with zero attached hydrogens (tertiary/aromatic N) is 7. The largest absolute Gasteiger partial charge is 0.335 e. The molecule has 4 aromatic heterocycles. The third-order valence-electron chi connectivity index (χ3n) is 5.54. The Kier molecular flexibility index (Phi) is 4.98. The van der Waals surface area contributed by atoms with Gasteiger partial charge in [0.15, 0.2) is 0 Å². The number of aryl methyl sites for hydroxylation is 1. The molecule has 10 heteroatoms. The van der Waals surface area contributed by atoms with Crippen molar-refractivity contribution in [3.63, 3.8) is 0 Å². The van der Waals surface area contributed by atoms with Crippen molar-refractivity contribution in [3.8, 4) is 22.8 Å². The minimum absolute atomic E-state index is 0.0750. The number of aromatic nitrogens is 5. The maximum Gasteiger partial charge on any atom is 0.272 e. The lowest BCUT2D eigenvalue weighted by Crippen LogP contribution is -2.47. The van der Waals surface area contributed by atoms with E-state index in [-0.39, 0.29) is 28.7 Å². The van der Waals surface area contributed by atoms with Crippen LogP contribution in [0.1, 0.15) is 16.1 Å². The average molecular weight is 431 g/mol. The fourth-order valence-electron chi connectivity index (χ4n) is 3.60. The zero-order valence-corrected chi connectivity index (χ0v) is 17.7. The Morgan fingerprint density at radius 2 is 1.84 bits per heavy atom. The number of likely N-dealkylation sites (N-methyl/N-ethyl adjacent to an activating group) is 1. The van der Waals surface area contributed by atoms with E-state index >= 15 is 0 Å². The van der Waals surface area contributed by atoms with Gasteiger partial charge >= 0.3 is 0 Å². The molecule has 0 spiro atoms. The molecule has 0 saturated carbocycles. The standard InChI is InChI=1S/C22H21N7O3/c1-14-3-6-18-24-12-16(21(30)29(18)13-14)20-25-19(26-32-20)15-4-5-17(23-11-15)22(31)28-9-7-27(2)8-10-28/h3-6,11-13H,7-10H2,1-2H3. The zero-order chi connectivity index (χ0) is 22.2. The van der Waals surface area contributed by atoms with Crippen LogP contribution in [0.15, 0.2) is 52.2 Å². The van der Waals surface area contributed by atoms with Crippen molar-refractivity contribution in [3.05, 3.63) is 64.5 Å². The van der Waals surface area contributed by atoms with E-state index in [9.17, 15) is 9.59 Å². The van der Waals surface area contributed by atoms with E-state index in [4.69, 9.17) is 4.52 Å². The highest BCUT2D eigenvalue weighted by atomic mass is 16.5. The van der Waals surface area contributed by atoms with Gasteiger partial charge in [0.1, 0.15) is 16.9 Å². The van der Waals surface area contributed by atoms with Gasteiger partial charge in [-0.1, -0.05) is 11.2 Å². The first-order valence-corrected chi connectivity index (χ1v) is 10.3. The molecule has 1 aliphatic heterocycles. The Morgan fingerprint density at radius 1 is 1.03 bits per heavy atom. The summed E-state index contributed by atoms with van der Waals surface area (Å²) in [5, 5.41) is 3.97. The molecule has 1 saturated heterocycles. The van der Waals surface area contributed by atoms with E-state index in [1.54, 1.807) is 29.3 Å². The minimum Gasteiger partial charge on any atom is -0.335 e. The van der Waals surface area contributed by atoms with Crippen LogP contribution >= 0.6 is 0 Å². The maximum absolute atomic E-state index is 12.9. The fraction of sp³-hybridized carbons (Fsp3) is 0.273. The van der Waals surface area contributed by atoms with E-state index in [0.29, 0.717) is 30.0 Å². The monoisotopic (exact) mass is 431 g/mol. The summed E-state index contributed by atoms with van der Waals surface area (Å²) in [4.78, 5) is 42.4. The third-order valence-corrected chi connectivity index (χ3v) is 5.54. The molecule has 32 heavy (non-hydrogen) atoms. The summed E-state index contributed by atoms with van der Waals surface area (Å²) >= 11 is 0. The number of carbonyl (C=O) groups is 1. The van der Waals surface area contributed by atoms with Crippen molar-refractivity contribution in [2.24, 2.45) is 0 Å². The van der Waals surface area contributed by atoms with Crippen LogP contribution in [0.25, 0.3) is 28.5 Å². The van der Waals surface area contributed by atoms with Crippen molar-refractivity contribution in [1.82, 2.24) is 34.3 Å². The fourth-order valence-corrected chi connectivity index (χ4v) is 3.60. The van der Waals surface area contributed by atoms with Crippen molar-refractivity contribution < 1.29 is 9.32 Å². The van der Waals surface area contributed by atoms with Crippen LogP contribution in [0.2, 0.25) is 0 Å². The van der Waals surface area contributed by atoms with Crippen molar-refractivity contribution in [1.29, 1.82) is 0 Å². The number of piperazine rings is 1. The van der Waals surface area contributed by atoms with Crippen molar-refractivity contribution >= 4 is 11.6 Å². The van der Waals surface area contributed by atoms with Gasteiger partial charge in [0, 0.05) is 50.3 Å². The van der Waals surface area contributed by atoms with Gasteiger partial charge in [-0.3, -0.25) is 19.0 Å². The second-order valence-corrected chi connectivity index (χ2v) is 7.86. The molecular formula is C22H21N7O3. The predicted octanol–water partition coefficient (Wildman–Crippen LogP) is 1.50. The zero-order valence-electron chi connectivity index (χ0n) is 17.7. The van der Waals surface area contributed by atoms with E-state index in [1.807, 2.05) is 20.0 Å². The maximum atomic E-state index is 12.9. The first kappa shape index (κ1) is 20.0. The van der Waals surface area contributed by atoms with Gasteiger partial charge in [-0.2, -0.15) is 4.98 Å². The van der Waals surface area contributed by atoms with Crippen LogP contribution < -0.4 is 5.56 Å². The van der Waals surface area contributed by atoms with Gasteiger partial charge < -0.3 is 14.3 Å². The Hall–Kier alpha value is -3.92. The lowest BCUT2D eigenvalue weighted by Gasteiger charge is -2.32. The highest BCUT2D eigenvalue weighted by Gasteiger charge is 2.22. The van der Waals surface area contributed by atoms with Crippen LogP contribution in [0.4, 0.5) is 0 Å². The molecule has 1 aliphatic rings. The molecule has 0 aromatic carbocycles. The van der Waals surface area contributed by atoms with Gasteiger partial charge in [-0.25, -0.2) is 4.98 Å². The van der Waals surface area contributed by atoms with Crippen LogP contribution in [0, 0.1) is 6.92 Å². The van der Waals surface area contributed by atoms with E-state index in [0.717, 1.165) is 18.7 Å². The number of pyridine rings is 2. The number of hydrogen-bond acceptors (Lipinski definition) is 8. The number of rotatable bonds is 3. The number of fused-ring (bicyclic) bond motifs is 1. The van der Waals surface area contributed by atoms with E-state index in [2.05, 4.69) is 25.0 Å². The molecule has 0 bridgehead atoms. The Balaban J connectivity index is 1.39. The van der Waals surface area contributed by atoms with Gasteiger partial charge in [0.05, 0.1) is 0 Å². The third kappa shape index (κ3) is 3.65. The first-order chi connectivity index (χ1) is 15.5. The van der Waals surface area contributed by atoms with Crippen LogP contribution in [0.3, 0.4) is 0 Å². The summed E-state index contributed by atoms with van der Waals surface area (Å²) in [6, 6.07) is 7.04. The molecule has 0 aliphatic carbocycles. The molecule has 0 unspecified atom stereocenters. The molecular weight excluding hydrogens is 410 g/mol. The van der Waals surface area contributed by atoms with Gasteiger partial charge in [-0.15, -0.1) is 0 Å². The highest BCUT2D eigenvalue weighted by Crippen LogP contribution is 2.20. The summed E-state index contributed by atoms with van der Waals surface area (Å²) in [6.07, 6.45) is 4.68. The molecule has 0 radical (unpaired) electrons. The highest BCUT2D eigenvalue weighted by molar-refractivity contribution is 5.92. The molecule has 4 aromatic rings. The van der Waals surface area contributed by atoms with Gasteiger partial charge in [0.2, 0.25) is 5.82 Å². The Bertz CT molecular complexity index is 1350. The summed E-state index contributed by atoms with van der Waals surface area (Å²) in [5.41, 5.74) is 2.34. The normalized spacial score (nSPS) is 14.8. The lowest BCUT2D eigenvalue weighted by atomic mass is 10.2. The quantitative estimate of drug-likeness (QED) is 0.480. The second kappa shape index (κ2) is 7.97. The molecule has 5 rings (SSSR count). The molecule has 10 nitrogen and oxygen atoms in total. The van der Waals surface area contributed by atoms with Crippen LogP contribution in [0.5, 0.6) is 0 Å². The Labute approximate surface area is 183 Å². The molecule has 1 fully saturated rings. The summed E-state index contributed by atoms with van der Waals surface area (Å²) in [5.74, 6) is 0.259. The van der Waals surface area contributed by atoms with Crippen molar-refractivity contribution in [2.45, 2.75) is 6.92 Å². The van der Waals surface area contributed by atoms with E-state index in [1.165, 1.54) is 16.8 Å². The second-order valence-electron chi connectivity index (χ2n) is 7.86.